The number of rotatable bonds is 25. The molecule has 14 heteroatoms. The number of nitrogens with one attached hydrogen (secondary N) is 2. The average molecular weight is 865 g/mol. The fourth-order valence-corrected chi connectivity index (χ4v) is 6.77. The standard InChI is InChI=1S/C48H72N4O10/c1-32(23-17-14-15-22-30-52(6)48(49)50)24-18-16-19-25-33(2)31-36(5)43(61-47-42(56)40(54)41(55)44(62-47)46(58)60-8)34(3)26-20-12-10-9-11-13-21-27-35(4)45(57)51-39-37(53)28-29-38(39)59-7/h9-14,17-18,20-21,24,26-27,31-34,40-44,47,54-56H,15-16,19,22-23,25,28-30H2,1-8H3,(H3,49,50)(H,51,57)/b11-9+,12-10+,17-14+,21-13+,24-18+,26-20+,35-27+,36-31+/t32?,33?,34?,40-,41-,42+,43+,44-,47+/m0/s1. The summed E-state index contributed by atoms with van der Waals surface area (Å²) in [5.41, 5.74) is 7.01. The van der Waals surface area contributed by atoms with Crippen LogP contribution in [0.1, 0.15) is 86.0 Å². The van der Waals surface area contributed by atoms with Crippen molar-refractivity contribution in [3.8, 4) is 0 Å². The van der Waals surface area contributed by atoms with Gasteiger partial charge in [-0.25, -0.2) is 4.79 Å². The molecule has 0 spiro atoms. The summed E-state index contributed by atoms with van der Waals surface area (Å²) in [5.74, 6) is -0.469. The molecule has 0 aromatic rings. The van der Waals surface area contributed by atoms with Crippen molar-refractivity contribution in [2.75, 3.05) is 27.8 Å². The van der Waals surface area contributed by atoms with Gasteiger partial charge < -0.3 is 50.2 Å². The second kappa shape index (κ2) is 28.7. The number of Topliss-reactive ketones (excluding diaryl/α,β-unsaturated/α-hetero) is 1. The zero-order chi connectivity index (χ0) is 46.2. The fourth-order valence-electron chi connectivity index (χ4n) is 6.77. The monoisotopic (exact) mass is 865 g/mol. The minimum Gasteiger partial charge on any atom is -0.499 e. The largest absolute Gasteiger partial charge is 0.499 e. The number of hydrogen-bond donors (Lipinski definition) is 6. The van der Waals surface area contributed by atoms with Crippen LogP contribution in [0.3, 0.4) is 0 Å². The molecule has 1 fully saturated rings. The molecule has 0 bridgehead atoms. The molecule has 1 heterocycles. The number of carbonyl (C=O) groups is 3. The van der Waals surface area contributed by atoms with Gasteiger partial charge in [0, 0.05) is 37.9 Å². The van der Waals surface area contributed by atoms with E-state index < -0.39 is 42.8 Å². The summed E-state index contributed by atoms with van der Waals surface area (Å²) in [5, 5.41) is 41.9. The minimum atomic E-state index is -1.70. The summed E-state index contributed by atoms with van der Waals surface area (Å²) in [4.78, 5) is 38.7. The molecule has 0 aromatic heterocycles. The second-order valence-corrected chi connectivity index (χ2v) is 16.0. The Morgan fingerprint density at radius 2 is 1.56 bits per heavy atom. The van der Waals surface area contributed by atoms with Crippen LogP contribution in [0.4, 0.5) is 0 Å². The Morgan fingerprint density at radius 3 is 2.23 bits per heavy atom. The predicted octanol–water partition coefficient (Wildman–Crippen LogP) is 5.99. The normalized spacial score (nSPS) is 23.7. The lowest BCUT2D eigenvalue weighted by atomic mass is 9.92. The number of ether oxygens (including phenoxy) is 4. The molecule has 9 atom stereocenters. The molecule has 1 saturated heterocycles. The van der Waals surface area contributed by atoms with Gasteiger partial charge in [0.05, 0.1) is 20.3 Å². The Hall–Kier alpha value is -4.86. The highest BCUT2D eigenvalue weighted by molar-refractivity contribution is 6.04. The molecule has 14 nitrogen and oxygen atoms in total. The number of guanidine groups is 1. The smallest absolute Gasteiger partial charge is 0.337 e. The topological polar surface area (TPSA) is 214 Å². The Balaban J connectivity index is 2.04. The van der Waals surface area contributed by atoms with E-state index >= 15 is 0 Å². The number of nitrogens with two attached hydrogens (primary N) is 1. The first kappa shape index (κ1) is 53.3. The first-order valence-electron chi connectivity index (χ1n) is 21.5. The average Bonchev–Trinajstić information content (AvgIpc) is 3.60. The van der Waals surface area contributed by atoms with Gasteiger partial charge in [-0.1, -0.05) is 106 Å². The summed E-state index contributed by atoms with van der Waals surface area (Å²) in [7, 11) is 4.44. The molecular weight excluding hydrogens is 793 g/mol. The SMILES string of the molecule is COC(=O)[C@H]1O[C@@H](O[C@@H](/C(C)=C/C(C)CCC/C=C/C(C)C/C=C/CCCN(C)C(=N)N)C(C)/C=C/C=C/C=C/C=C/C=C(\C)C(=O)NC2=C(OC)CCC2=O)[C@H](O)[C@@H](O)[C@@H]1O. The molecule has 2 aliphatic rings. The lowest BCUT2D eigenvalue weighted by Gasteiger charge is -2.41. The first-order valence-corrected chi connectivity index (χ1v) is 21.5. The van der Waals surface area contributed by atoms with E-state index in [0.29, 0.717) is 30.1 Å². The van der Waals surface area contributed by atoms with Gasteiger partial charge in [-0.05, 0) is 69.8 Å². The lowest BCUT2D eigenvalue weighted by molar-refractivity contribution is -0.303. The Bertz CT molecular complexity index is 1740. The maximum absolute atomic E-state index is 12.5. The zero-order valence-electron chi connectivity index (χ0n) is 37.9. The third-order valence-corrected chi connectivity index (χ3v) is 10.6. The number of ketones is 1. The molecule has 0 radical (unpaired) electrons. The molecular formula is C48H72N4O10. The van der Waals surface area contributed by atoms with Gasteiger partial charge in [-0.15, -0.1) is 0 Å². The number of esters is 1. The van der Waals surface area contributed by atoms with E-state index in [4.69, 9.17) is 30.1 Å². The molecule has 0 aromatic carbocycles. The van der Waals surface area contributed by atoms with Crippen LogP contribution in [0.2, 0.25) is 0 Å². The van der Waals surface area contributed by atoms with Crippen LogP contribution in [0.5, 0.6) is 0 Å². The van der Waals surface area contributed by atoms with E-state index in [1.165, 1.54) is 7.11 Å². The zero-order valence-corrected chi connectivity index (χ0v) is 37.9. The summed E-state index contributed by atoms with van der Waals surface area (Å²) in [6, 6.07) is 0. The van der Waals surface area contributed by atoms with E-state index in [2.05, 4.69) is 49.5 Å². The number of amides is 1. The molecule has 7 N–H and O–H groups in total. The maximum Gasteiger partial charge on any atom is 0.337 e. The van der Waals surface area contributed by atoms with Crippen molar-refractivity contribution in [1.29, 1.82) is 5.41 Å². The Morgan fingerprint density at radius 1 is 0.903 bits per heavy atom. The summed E-state index contributed by atoms with van der Waals surface area (Å²) < 4.78 is 22.0. The van der Waals surface area contributed by atoms with Gasteiger partial charge in [0.2, 0.25) is 0 Å². The highest BCUT2D eigenvalue weighted by Crippen LogP contribution is 2.29. The lowest BCUT2D eigenvalue weighted by Crippen LogP contribution is -2.61. The predicted molar refractivity (Wildman–Crippen MR) is 242 cm³/mol. The number of methoxy groups -OCH3 is 2. The van der Waals surface area contributed by atoms with Gasteiger partial charge in [-0.2, -0.15) is 0 Å². The highest BCUT2D eigenvalue weighted by atomic mass is 16.7. The molecule has 1 aliphatic carbocycles. The summed E-state index contributed by atoms with van der Waals surface area (Å²) >= 11 is 0. The Labute approximate surface area is 368 Å². The number of aliphatic hydroxyl groups excluding tert-OH is 3. The summed E-state index contributed by atoms with van der Waals surface area (Å²) in [6.07, 6.45) is 25.2. The van der Waals surface area contributed by atoms with Crippen LogP contribution in [-0.2, 0) is 33.3 Å². The van der Waals surface area contributed by atoms with Crippen molar-refractivity contribution in [3.63, 3.8) is 0 Å². The van der Waals surface area contributed by atoms with Gasteiger partial charge >= 0.3 is 5.97 Å². The molecule has 2 rings (SSSR count). The second-order valence-electron chi connectivity index (χ2n) is 16.0. The van der Waals surface area contributed by atoms with E-state index in [-0.39, 0.29) is 35.2 Å². The molecule has 344 valence electrons. The van der Waals surface area contributed by atoms with Crippen molar-refractivity contribution in [2.45, 2.75) is 123 Å². The number of carbonyl (C=O) groups excluding carboxylic acids is 3. The molecule has 62 heavy (non-hydrogen) atoms. The van der Waals surface area contributed by atoms with Crippen LogP contribution >= 0.6 is 0 Å². The van der Waals surface area contributed by atoms with E-state index in [0.717, 1.165) is 57.8 Å². The number of unbranched alkanes of at least 4 members (excludes halogenated alkanes) is 2. The van der Waals surface area contributed by atoms with E-state index in [1.54, 1.807) is 36.1 Å². The van der Waals surface area contributed by atoms with Crippen LogP contribution < -0.4 is 11.1 Å². The first-order chi connectivity index (χ1) is 29.5. The molecule has 1 amide bonds. The van der Waals surface area contributed by atoms with Crippen molar-refractivity contribution in [3.05, 3.63) is 108 Å². The third-order valence-electron chi connectivity index (χ3n) is 10.6. The minimum absolute atomic E-state index is 0.0868. The fraction of sp³-hybridized carbons (Fsp3) is 0.542. The van der Waals surface area contributed by atoms with E-state index in [9.17, 15) is 29.7 Å². The third kappa shape index (κ3) is 18.6. The maximum atomic E-state index is 12.5. The van der Waals surface area contributed by atoms with Gasteiger partial charge in [0.15, 0.2) is 24.1 Å². The molecule has 1 aliphatic heterocycles. The van der Waals surface area contributed by atoms with Gasteiger partial charge in [-0.3, -0.25) is 15.0 Å². The highest BCUT2D eigenvalue weighted by Gasteiger charge is 2.48. The quantitative estimate of drug-likeness (QED) is 0.0119. The van der Waals surface area contributed by atoms with Crippen molar-refractivity contribution in [2.24, 2.45) is 23.5 Å². The van der Waals surface area contributed by atoms with Gasteiger partial charge in [0.1, 0.15) is 29.8 Å². The Kier molecular flexibility index (Phi) is 24.6. The number of aliphatic hydroxyl groups is 3. The van der Waals surface area contributed by atoms with Crippen molar-refractivity contribution >= 4 is 23.6 Å². The van der Waals surface area contributed by atoms with Crippen LogP contribution in [0, 0.1) is 23.2 Å². The van der Waals surface area contributed by atoms with Crippen LogP contribution in [-0.4, -0.2) is 108 Å². The molecule has 3 unspecified atom stereocenters. The van der Waals surface area contributed by atoms with Crippen molar-refractivity contribution in [1.82, 2.24) is 10.2 Å². The summed E-state index contributed by atoms with van der Waals surface area (Å²) in [6.45, 7) is 10.6. The van der Waals surface area contributed by atoms with E-state index in [1.807, 2.05) is 51.3 Å². The van der Waals surface area contributed by atoms with Crippen LogP contribution in [0.25, 0.3) is 0 Å². The van der Waals surface area contributed by atoms with Gasteiger partial charge in [0.25, 0.3) is 5.91 Å². The number of allylic oxidation sites excluding steroid dienone is 15. The molecule has 0 saturated carbocycles. The number of hydrogen-bond acceptors (Lipinski definition) is 11. The number of nitrogens with zero attached hydrogens (tertiary/aromatic N) is 1. The van der Waals surface area contributed by atoms with Crippen LogP contribution in [0.15, 0.2) is 108 Å². The van der Waals surface area contributed by atoms with Crippen molar-refractivity contribution < 1.29 is 48.7 Å².